The molecule has 2 aromatic rings. The smallest absolute Gasteiger partial charge is 0.326 e. The van der Waals surface area contributed by atoms with Crippen molar-refractivity contribution in [3.63, 3.8) is 0 Å². The van der Waals surface area contributed by atoms with Gasteiger partial charge in [-0.2, -0.15) is 0 Å². The van der Waals surface area contributed by atoms with Gasteiger partial charge < -0.3 is 66.0 Å². The first-order chi connectivity index (χ1) is 40.0. The van der Waals surface area contributed by atoms with E-state index in [1.807, 2.05) is 6.92 Å². The van der Waals surface area contributed by atoms with Crippen LogP contribution in [0.25, 0.3) is 10.9 Å². The summed E-state index contributed by atoms with van der Waals surface area (Å²) in [6, 6.07) is 4.21. The number of carbonyl (C=O) groups excluding carboxylic acids is 6. The lowest BCUT2D eigenvalue weighted by Gasteiger charge is -2.32. The summed E-state index contributed by atoms with van der Waals surface area (Å²) in [6.07, 6.45) is 6.98. The van der Waals surface area contributed by atoms with Crippen molar-refractivity contribution >= 4 is 70.6 Å². The highest BCUT2D eigenvalue weighted by Crippen LogP contribution is 2.21. The number of benzene rings is 1. The molecule has 2 atom stereocenters. The molecule has 1 aromatic heterocycles. The lowest BCUT2D eigenvalue weighted by molar-refractivity contribution is -0.142. The topological polar surface area (TPSA) is 375 Å². The van der Waals surface area contributed by atoms with Crippen LogP contribution < -0.4 is 31.3 Å². The van der Waals surface area contributed by atoms with Gasteiger partial charge in [0.15, 0.2) is 12.9 Å². The third kappa shape index (κ3) is 32.5. The molecule has 28 nitrogen and oxygen atoms in total. The first kappa shape index (κ1) is 70.3. The molecular formula is C55H86N10O18. The number of ether oxygens (including phenoxy) is 4. The maximum absolute atomic E-state index is 13.7. The molecule has 83 heavy (non-hydrogen) atoms. The van der Waals surface area contributed by atoms with Crippen molar-refractivity contribution in [3.05, 3.63) is 36.0 Å². The Bertz CT molecular complexity index is 2320. The Hall–Kier alpha value is -6.95. The van der Waals surface area contributed by atoms with Crippen LogP contribution in [0.5, 0.6) is 5.75 Å². The summed E-state index contributed by atoms with van der Waals surface area (Å²) < 4.78 is 22.1. The third-order valence-corrected chi connectivity index (χ3v) is 13.2. The molecule has 1 aliphatic rings. The first-order valence-corrected chi connectivity index (χ1v) is 28.3. The number of hydrogen-bond acceptors (Lipinski definition) is 19. The zero-order valence-electron chi connectivity index (χ0n) is 47.7. The largest absolute Gasteiger partial charge is 0.484 e. The average molecular weight is 1180 g/mol. The molecule has 1 fully saturated rings. The minimum atomic E-state index is -1.27. The monoisotopic (exact) mass is 1170 g/mol. The standard InChI is InChI=1S/C55H86N10O18/c1-2-3-4-11-47(67)57-16-8-6-10-45(55(78)79)61-54(77)44(9-5-7-17-58-49(69)35-62-20-22-63(36-51(71)72)24-26-65(38-53(75)76)27-25-64(23-21-62)37-52(73)74)60-48(68)15-28-80-30-32-82-33-31-81-29-19-59-50(70)40-83-42-12-13-43-41(39-66)14-18-56-46(43)34-42/h12-14,18,34,39,44-45H,2-11,15-17,19-33,35-38,40H2,1H3,(H,57,67)(H,58,69)(H,59,70)(H,60,68)(H,61,77)(H,71,72)(H,73,74)(H,75,76)(H,78,79). The summed E-state index contributed by atoms with van der Waals surface area (Å²) in [6.45, 7) is 4.46. The fourth-order valence-corrected chi connectivity index (χ4v) is 8.65. The molecule has 0 bridgehead atoms. The lowest BCUT2D eigenvalue weighted by atomic mass is 10.1. The third-order valence-electron chi connectivity index (χ3n) is 13.2. The second kappa shape index (κ2) is 41.9. The van der Waals surface area contributed by atoms with Crippen LogP contribution in [0, 0.1) is 0 Å². The van der Waals surface area contributed by atoms with Crippen LogP contribution in [0.3, 0.4) is 0 Å². The number of amides is 5. The summed E-state index contributed by atoms with van der Waals surface area (Å²) in [5.74, 6) is -6.08. The van der Waals surface area contributed by atoms with E-state index >= 15 is 0 Å². The molecule has 5 amide bonds. The number of aromatic nitrogens is 1. The van der Waals surface area contributed by atoms with Crippen LogP contribution in [0.1, 0.15) is 87.9 Å². The predicted molar refractivity (Wildman–Crippen MR) is 301 cm³/mol. The van der Waals surface area contributed by atoms with Gasteiger partial charge in [0.2, 0.25) is 23.6 Å². The molecule has 28 heteroatoms. The molecule has 2 heterocycles. The van der Waals surface area contributed by atoms with Crippen molar-refractivity contribution in [1.82, 2.24) is 51.2 Å². The predicted octanol–water partition coefficient (Wildman–Crippen LogP) is -0.335. The van der Waals surface area contributed by atoms with Gasteiger partial charge in [0.25, 0.3) is 5.91 Å². The highest BCUT2D eigenvalue weighted by Gasteiger charge is 2.27. The summed E-state index contributed by atoms with van der Waals surface area (Å²) in [5.41, 5.74) is 1.07. The maximum atomic E-state index is 13.7. The highest BCUT2D eigenvalue weighted by molar-refractivity contribution is 5.96. The number of rotatable bonds is 42. The summed E-state index contributed by atoms with van der Waals surface area (Å²) in [4.78, 5) is 134. The van der Waals surface area contributed by atoms with Crippen LogP contribution >= 0.6 is 0 Å². The number of aliphatic carboxylic acids is 4. The van der Waals surface area contributed by atoms with E-state index in [0.29, 0.717) is 60.9 Å². The van der Waals surface area contributed by atoms with Gasteiger partial charge in [0.1, 0.15) is 17.8 Å². The van der Waals surface area contributed by atoms with Crippen LogP contribution in [0.4, 0.5) is 0 Å². The Morgan fingerprint density at radius 3 is 1.61 bits per heavy atom. The Kier molecular flexibility index (Phi) is 35.5. The van der Waals surface area contributed by atoms with E-state index in [4.69, 9.17) is 18.9 Å². The van der Waals surface area contributed by atoms with Crippen LogP contribution in [-0.4, -0.2) is 261 Å². The molecule has 464 valence electrons. The Morgan fingerprint density at radius 2 is 1.07 bits per heavy atom. The van der Waals surface area contributed by atoms with Gasteiger partial charge in [-0.1, -0.05) is 19.8 Å². The normalized spacial score (nSPS) is 14.7. The van der Waals surface area contributed by atoms with Gasteiger partial charge in [-0.3, -0.25) is 67.7 Å². The molecule has 1 aliphatic heterocycles. The second-order valence-corrected chi connectivity index (χ2v) is 19.9. The van der Waals surface area contributed by atoms with E-state index in [9.17, 15) is 68.4 Å². The molecule has 9 N–H and O–H groups in total. The Labute approximate surface area is 483 Å². The number of carboxylic acids is 4. The lowest BCUT2D eigenvalue weighted by Crippen LogP contribution is -2.51. The van der Waals surface area contributed by atoms with Crippen molar-refractivity contribution in [2.45, 2.75) is 89.6 Å². The number of hydrogen-bond donors (Lipinski definition) is 9. The maximum Gasteiger partial charge on any atom is 0.326 e. The van der Waals surface area contributed by atoms with Gasteiger partial charge in [0.05, 0.1) is 71.3 Å². The van der Waals surface area contributed by atoms with Crippen molar-refractivity contribution in [1.29, 1.82) is 0 Å². The molecule has 1 aromatic carbocycles. The van der Waals surface area contributed by atoms with Crippen LogP contribution in [0.2, 0.25) is 0 Å². The highest BCUT2D eigenvalue weighted by atomic mass is 16.5. The Morgan fingerprint density at radius 1 is 0.554 bits per heavy atom. The number of nitrogens with one attached hydrogen (secondary N) is 5. The van der Waals surface area contributed by atoms with Gasteiger partial charge >= 0.3 is 23.9 Å². The molecule has 0 aliphatic carbocycles. The van der Waals surface area contributed by atoms with E-state index in [2.05, 4.69) is 31.6 Å². The SMILES string of the molecule is CCCCCC(=O)NCCCCC(NC(=O)C(CCCCNC(=O)CN1CCN(CC(=O)O)CCN(CC(=O)O)CCN(CC(=O)O)CC1)NC(=O)CCOCCOCCOCCNC(=O)COc1ccc2c(C=O)ccnc2c1)C(=O)O. The van der Waals surface area contributed by atoms with Crippen LogP contribution in [-0.2, 0) is 57.4 Å². The summed E-state index contributed by atoms with van der Waals surface area (Å²) in [5, 5.41) is 52.8. The minimum absolute atomic E-state index is 0.0151. The molecule has 0 radical (unpaired) electrons. The quantitative estimate of drug-likeness (QED) is 0.0303. The van der Waals surface area contributed by atoms with E-state index in [1.54, 1.807) is 43.9 Å². The van der Waals surface area contributed by atoms with E-state index in [0.717, 1.165) is 25.5 Å². The molecule has 3 rings (SSSR count). The summed E-state index contributed by atoms with van der Waals surface area (Å²) in [7, 11) is 0. The summed E-state index contributed by atoms with van der Waals surface area (Å²) >= 11 is 0. The molecule has 1 saturated heterocycles. The average Bonchev–Trinajstić information content (AvgIpc) is 3.44. The molecule has 0 saturated carbocycles. The zero-order valence-corrected chi connectivity index (χ0v) is 47.7. The molecule has 0 spiro atoms. The van der Waals surface area contributed by atoms with Crippen molar-refractivity contribution in [2.24, 2.45) is 0 Å². The van der Waals surface area contributed by atoms with E-state index in [-0.39, 0.29) is 175 Å². The first-order valence-electron chi connectivity index (χ1n) is 28.3. The number of carbonyl (C=O) groups is 10. The molecule has 2 unspecified atom stereocenters. The van der Waals surface area contributed by atoms with Gasteiger partial charge in [-0.05, 0) is 63.1 Å². The second-order valence-electron chi connectivity index (χ2n) is 19.9. The van der Waals surface area contributed by atoms with Crippen molar-refractivity contribution in [2.75, 3.05) is 144 Å². The van der Waals surface area contributed by atoms with Crippen LogP contribution in [0.15, 0.2) is 30.5 Å². The van der Waals surface area contributed by atoms with Gasteiger partial charge in [0, 0.05) is 108 Å². The van der Waals surface area contributed by atoms with Gasteiger partial charge in [-0.25, -0.2) is 4.79 Å². The number of unbranched alkanes of at least 4 members (excludes halogenated alkanes) is 4. The fraction of sp³-hybridized carbons (Fsp3) is 0.655. The molecular weight excluding hydrogens is 1090 g/mol. The van der Waals surface area contributed by atoms with Crippen molar-refractivity contribution < 1.29 is 87.3 Å². The zero-order chi connectivity index (χ0) is 60.6. The Balaban J connectivity index is 1.45. The fourth-order valence-electron chi connectivity index (χ4n) is 8.65. The van der Waals surface area contributed by atoms with Gasteiger partial charge in [-0.15, -0.1) is 0 Å². The van der Waals surface area contributed by atoms with Crippen molar-refractivity contribution in [3.8, 4) is 5.75 Å². The van der Waals surface area contributed by atoms with E-state index in [1.165, 1.54) is 6.20 Å². The number of nitrogens with zero attached hydrogens (tertiary/aromatic N) is 5. The number of aldehydes is 1. The minimum Gasteiger partial charge on any atom is -0.484 e. The number of carboxylic acid groups (broad SMARTS) is 4. The number of pyridine rings is 1. The number of fused-ring (bicyclic) bond motifs is 1. The van der Waals surface area contributed by atoms with E-state index < -0.39 is 47.8 Å².